The minimum absolute atomic E-state index is 0.0164. The molecule has 3 aromatic rings. The summed E-state index contributed by atoms with van der Waals surface area (Å²) in [5.74, 6) is -0.165. The number of aliphatic imine (C=N–C) groups is 2. The number of nitrogens with zero attached hydrogens (tertiary/aromatic N) is 7. The van der Waals surface area contributed by atoms with Crippen LogP contribution in [0.4, 0.5) is 16.2 Å². The Morgan fingerprint density at radius 1 is 1.26 bits per heavy atom. The number of aromatic amines is 1. The van der Waals surface area contributed by atoms with Gasteiger partial charge in [-0.1, -0.05) is 0 Å². The molecule has 234 valence electrons. The predicted molar refractivity (Wildman–Crippen MR) is 150 cm³/mol. The van der Waals surface area contributed by atoms with Crippen LogP contribution in [0.2, 0.25) is 0 Å². The summed E-state index contributed by atoms with van der Waals surface area (Å²) in [6.45, 7) is -2.13. The number of halogens is 1. The highest BCUT2D eigenvalue weighted by atomic mass is 32.5. The first-order valence-electron chi connectivity index (χ1n) is 12.5. The number of aliphatic hydroxyl groups excluding tert-OH is 3. The molecule has 0 spiro atoms. The highest BCUT2D eigenvalue weighted by Gasteiger charge is 2.50. The van der Waals surface area contributed by atoms with Crippen LogP contribution in [0.25, 0.3) is 11.2 Å². The van der Waals surface area contributed by atoms with Gasteiger partial charge in [0.2, 0.25) is 5.95 Å². The third kappa shape index (κ3) is 5.71. The van der Waals surface area contributed by atoms with E-state index < -0.39 is 74.6 Å². The van der Waals surface area contributed by atoms with Crippen molar-refractivity contribution in [1.82, 2.24) is 29.1 Å². The maximum absolute atomic E-state index is 15.2. The van der Waals surface area contributed by atoms with Crippen molar-refractivity contribution in [2.45, 2.75) is 49.1 Å². The SMILES string of the molecule is C=Nc1c(C(N)=NC)ncn1[C@@H]1O[C@H](COP(O)(=S)OC2C(O)[C@@H](CO)O[C@H]2n2cnc3c(=O)[nH]c(N)nc32)C(O)C1F. The summed E-state index contributed by atoms with van der Waals surface area (Å²) in [4.78, 5) is 45.1. The van der Waals surface area contributed by atoms with E-state index in [0.29, 0.717) is 0 Å². The molecule has 2 fully saturated rings. The fourth-order valence-corrected chi connectivity index (χ4v) is 6.15. The van der Waals surface area contributed by atoms with Crippen LogP contribution in [0.1, 0.15) is 18.1 Å². The number of hydrogen-bond donors (Lipinski definition) is 7. The van der Waals surface area contributed by atoms with Crippen LogP contribution >= 0.6 is 6.72 Å². The molecule has 5 unspecified atom stereocenters. The number of imidazole rings is 2. The molecule has 0 aromatic carbocycles. The number of hydrogen-bond acceptors (Lipinski definition) is 15. The summed E-state index contributed by atoms with van der Waals surface area (Å²) in [5.41, 5.74) is 10.8. The Morgan fingerprint density at radius 2 is 1.95 bits per heavy atom. The molecule has 2 aliphatic heterocycles. The number of aliphatic hydroxyl groups is 3. The molecular formula is C21H28FN10O9PS. The Kier molecular flexibility index (Phi) is 8.73. The number of alkyl halides is 1. The summed E-state index contributed by atoms with van der Waals surface area (Å²) in [5, 5.41) is 31.0. The maximum Gasteiger partial charge on any atom is 0.325 e. The Hall–Kier alpha value is -3.24. The van der Waals surface area contributed by atoms with Gasteiger partial charge in [-0.15, -0.1) is 0 Å². The molecule has 2 saturated heterocycles. The lowest BCUT2D eigenvalue weighted by molar-refractivity contribution is -0.0557. The molecule has 22 heteroatoms. The molecule has 0 bridgehead atoms. The molecule has 0 amide bonds. The maximum atomic E-state index is 15.2. The van der Waals surface area contributed by atoms with E-state index in [4.69, 9.17) is 41.8 Å². The molecule has 9 N–H and O–H groups in total. The van der Waals surface area contributed by atoms with Gasteiger partial charge in [0.15, 0.2) is 35.6 Å². The van der Waals surface area contributed by atoms with E-state index in [-0.39, 0.29) is 34.5 Å². The van der Waals surface area contributed by atoms with E-state index in [2.05, 4.69) is 36.6 Å². The summed E-state index contributed by atoms with van der Waals surface area (Å²) in [6.07, 6.45) is -9.67. The largest absolute Gasteiger partial charge is 0.394 e. The van der Waals surface area contributed by atoms with Crippen LogP contribution in [-0.2, 0) is 30.3 Å². The standard InChI is InChI=1S/C21H28FN10O9PS/c1-25-15(23)10-16(26-2)31(5-27-10)19-9(22)12(34)8(40-19)4-38-42(37,43)41-14-13(35)7(3-33)39-20(14)32-6-28-11-17(32)29-21(24)30-18(11)36/h5-9,12-14,19-20,33-35H,2-4H2,1H3,(H2,23,25)(H,37,43)(H3,24,29,30,36)/t7-,8-,9?,12?,13?,14?,19-,20-,42?/m1/s1. The van der Waals surface area contributed by atoms with Gasteiger partial charge in [0.1, 0.15) is 42.0 Å². The lowest BCUT2D eigenvalue weighted by atomic mass is 10.1. The molecule has 2 aliphatic rings. The second-order valence-corrected chi connectivity index (χ2v) is 12.2. The van der Waals surface area contributed by atoms with Crippen molar-refractivity contribution in [3.05, 3.63) is 28.7 Å². The van der Waals surface area contributed by atoms with Crippen molar-refractivity contribution in [3.8, 4) is 0 Å². The van der Waals surface area contributed by atoms with Gasteiger partial charge < -0.3 is 45.7 Å². The fourth-order valence-electron chi connectivity index (χ4n) is 4.74. The first-order valence-corrected chi connectivity index (χ1v) is 15.1. The fraction of sp³-hybridized carbons (Fsp3) is 0.524. The van der Waals surface area contributed by atoms with Crippen LogP contribution in [0.3, 0.4) is 0 Å². The molecule has 9 atom stereocenters. The van der Waals surface area contributed by atoms with Crippen molar-refractivity contribution in [2.75, 3.05) is 26.0 Å². The van der Waals surface area contributed by atoms with Gasteiger partial charge in [-0.05, 0) is 18.5 Å². The second kappa shape index (κ2) is 12.0. The highest BCUT2D eigenvalue weighted by molar-refractivity contribution is 8.07. The number of H-pyrrole nitrogens is 1. The van der Waals surface area contributed by atoms with Crippen LogP contribution < -0.4 is 17.0 Å². The summed E-state index contributed by atoms with van der Waals surface area (Å²) in [7, 11) is 1.43. The Labute approximate surface area is 245 Å². The molecule has 0 saturated carbocycles. The number of nitrogens with two attached hydrogens (primary N) is 2. The summed E-state index contributed by atoms with van der Waals surface area (Å²) < 4.78 is 39.8. The molecule has 43 heavy (non-hydrogen) atoms. The first kappa shape index (κ1) is 31.2. The van der Waals surface area contributed by atoms with Gasteiger partial charge in [-0.25, -0.2) is 19.4 Å². The molecule has 5 rings (SSSR count). The van der Waals surface area contributed by atoms with E-state index >= 15 is 4.39 Å². The monoisotopic (exact) mass is 646 g/mol. The van der Waals surface area contributed by atoms with Crippen molar-refractivity contribution < 1.29 is 43.1 Å². The van der Waals surface area contributed by atoms with Crippen molar-refractivity contribution in [3.63, 3.8) is 0 Å². The number of aromatic nitrogens is 6. The Bertz CT molecular complexity index is 1650. The minimum Gasteiger partial charge on any atom is -0.394 e. The van der Waals surface area contributed by atoms with E-state index in [1.807, 2.05) is 0 Å². The predicted octanol–water partition coefficient (Wildman–Crippen LogP) is -2.27. The lowest BCUT2D eigenvalue weighted by Crippen LogP contribution is -2.35. The molecule has 3 aromatic heterocycles. The van der Waals surface area contributed by atoms with E-state index in [1.54, 1.807) is 0 Å². The van der Waals surface area contributed by atoms with Crippen molar-refractivity contribution in [2.24, 2.45) is 15.7 Å². The van der Waals surface area contributed by atoms with E-state index in [0.717, 1.165) is 0 Å². The number of rotatable bonds is 10. The number of amidine groups is 1. The van der Waals surface area contributed by atoms with E-state index in [9.17, 15) is 25.0 Å². The highest BCUT2D eigenvalue weighted by Crippen LogP contribution is 2.50. The van der Waals surface area contributed by atoms with Crippen LogP contribution in [0.15, 0.2) is 27.4 Å². The minimum atomic E-state index is -4.28. The Morgan fingerprint density at radius 3 is 2.63 bits per heavy atom. The van der Waals surface area contributed by atoms with Gasteiger partial charge in [0, 0.05) is 7.05 Å². The van der Waals surface area contributed by atoms with Crippen LogP contribution in [0, 0.1) is 0 Å². The average molecular weight is 647 g/mol. The summed E-state index contributed by atoms with van der Waals surface area (Å²) >= 11 is 5.12. The second-order valence-electron chi connectivity index (χ2n) is 9.44. The number of nitrogen functional groups attached to an aromatic ring is 1. The zero-order valence-corrected chi connectivity index (χ0v) is 24.0. The van der Waals surface area contributed by atoms with Gasteiger partial charge >= 0.3 is 6.72 Å². The lowest BCUT2D eigenvalue weighted by Gasteiger charge is -2.27. The smallest absolute Gasteiger partial charge is 0.325 e. The van der Waals surface area contributed by atoms with E-state index in [1.165, 1.54) is 28.8 Å². The first-order chi connectivity index (χ1) is 20.4. The van der Waals surface area contributed by atoms with Crippen LogP contribution in [0.5, 0.6) is 0 Å². The zero-order valence-electron chi connectivity index (χ0n) is 22.2. The zero-order chi connectivity index (χ0) is 31.2. The third-order valence-corrected chi connectivity index (χ3v) is 8.40. The van der Waals surface area contributed by atoms with Crippen LogP contribution in [-0.4, -0.2) is 119 Å². The third-order valence-electron chi connectivity index (χ3n) is 6.84. The summed E-state index contributed by atoms with van der Waals surface area (Å²) in [6, 6.07) is 0. The van der Waals surface area contributed by atoms with Gasteiger partial charge in [-0.2, -0.15) is 4.98 Å². The molecule has 0 radical (unpaired) electrons. The molecule has 0 aliphatic carbocycles. The number of nitrogens with one attached hydrogen (secondary N) is 1. The van der Waals surface area contributed by atoms with Gasteiger partial charge in [0.05, 0.1) is 25.9 Å². The number of anilines is 1. The topological polar surface area (TPSA) is 276 Å². The number of fused-ring (bicyclic) bond motifs is 1. The molecule has 19 nitrogen and oxygen atoms in total. The van der Waals surface area contributed by atoms with Gasteiger partial charge in [-0.3, -0.25) is 28.4 Å². The average Bonchev–Trinajstić information content (AvgIpc) is 3.72. The number of ether oxygens (including phenoxy) is 2. The normalized spacial score (nSPS) is 31.1. The quantitative estimate of drug-likeness (QED) is 0.0695. The van der Waals surface area contributed by atoms with Crippen molar-refractivity contribution >= 4 is 54.0 Å². The molecule has 5 heterocycles. The van der Waals surface area contributed by atoms with Crippen molar-refractivity contribution in [1.29, 1.82) is 0 Å². The van der Waals surface area contributed by atoms with Gasteiger partial charge in [0.25, 0.3) is 5.56 Å². The Balaban J connectivity index is 1.32. The molecular weight excluding hydrogens is 618 g/mol.